The van der Waals surface area contributed by atoms with Crippen LogP contribution in [0.2, 0.25) is 0 Å². The van der Waals surface area contributed by atoms with Gasteiger partial charge in [0, 0.05) is 37.4 Å². The lowest BCUT2D eigenvalue weighted by molar-refractivity contribution is -0.141. The third-order valence-electron chi connectivity index (χ3n) is 6.39. The van der Waals surface area contributed by atoms with Gasteiger partial charge in [-0.1, -0.05) is 0 Å². The highest BCUT2D eigenvalue weighted by molar-refractivity contribution is 7.88. The van der Waals surface area contributed by atoms with Gasteiger partial charge in [-0.25, -0.2) is 17.7 Å². The molecule has 1 saturated carbocycles. The summed E-state index contributed by atoms with van der Waals surface area (Å²) in [7, 11) is -1.71. The lowest BCUT2D eigenvalue weighted by Gasteiger charge is -2.45. The molecular weight excluding hydrogens is 447 g/mol. The van der Waals surface area contributed by atoms with Crippen LogP contribution in [0.3, 0.4) is 0 Å². The molecule has 4 rings (SSSR count). The normalized spacial score (nSPS) is 22.6. The summed E-state index contributed by atoms with van der Waals surface area (Å²) in [6, 6.07) is 1.73. The van der Waals surface area contributed by atoms with Crippen molar-refractivity contribution in [3.8, 4) is 0 Å². The van der Waals surface area contributed by atoms with Crippen LogP contribution in [0.5, 0.6) is 0 Å². The van der Waals surface area contributed by atoms with Crippen molar-refractivity contribution in [1.82, 2.24) is 19.2 Å². The zero-order chi connectivity index (χ0) is 23.3. The Hall–Kier alpha value is -2.34. The summed E-state index contributed by atoms with van der Waals surface area (Å²) in [4.78, 5) is 22.8. The van der Waals surface area contributed by atoms with Gasteiger partial charge in [0.15, 0.2) is 0 Å². The Kier molecular flexibility index (Phi) is 5.86. The van der Waals surface area contributed by atoms with Crippen LogP contribution in [0.15, 0.2) is 18.5 Å². The van der Waals surface area contributed by atoms with Gasteiger partial charge in [0.05, 0.1) is 24.2 Å². The lowest BCUT2D eigenvalue weighted by Crippen LogP contribution is -2.54. The van der Waals surface area contributed by atoms with E-state index in [1.807, 2.05) is 4.90 Å². The van der Waals surface area contributed by atoms with Crippen LogP contribution in [-0.2, 0) is 10.0 Å². The third kappa shape index (κ3) is 4.56. The van der Waals surface area contributed by atoms with Gasteiger partial charge in [-0.15, -0.1) is 0 Å². The average molecular weight is 474 g/mol. The van der Waals surface area contributed by atoms with E-state index in [2.05, 4.69) is 9.97 Å². The number of nitrogens with one attached hydrogen (secondary N) is 1. The van der Waals surface area contributed by atoms with Crippen molar-refractivity contribution in [2.24, 2.45) is 5.92 Å². The van der Waals surface area contributed by atoms with Crippen LogP contribution in [0.4, 0.5) is 18.9 Å². The predicted octanol–water partition coefficient (Wildman–Crippen LogP) is 2.80. The molecule has 0 unspecified atom stereocenters. The fourth-order valence-electron chi connectivity index (χ4n) is 4.72. The second-order valence-corrected chi connectivity index (χ2v) is 10.8. The first-order valence-electron chi connectivity index (χ1n) is 10.4. The molecule has 1 N–H and O–H groups in total. The number of hydrogen-bond acceptors (Lipinski definition) is 5. The van der Waals surface area contributed by atoms with Gasteiger partial charge in [-0.2, -0.15) is 13.2 Å². The number of pyridine rings is 1. The van der Waals surface area contributed by atoms with Crippen molar-refractivity contribution >= 4 is 32.7 Å². The Morgan fingerprint density at radius 1 is 1.25 bits per heavy atom. The van der Waals surface area contributed by atoms with Crippen molar-refractivity contribution in [1.29, 1.82) is 0 Å². The number of aromatic nitrogens is 2. The largest absolute Gasteiger partial charge is 0.406 e. The first kappa shape index (κ1) is 22.8. The van der Waals surface area contributed by atoms with Crippen LogP contribution in [0.1, 0.15) is 36.0 Å². The number of alkyl halides is 3. The molecule has 8 nitrogen and oxygen atoms in total. The van der Waals surface area contributed by atoms with E-state index in [4.69, 9.17) is 0 Å². The number of anilines is 1. The number of amides is 1. The quantitative estimate of drug-likeness (QED) is 0.722. The minimum atomic E-state index is -4.50. The van der Waals surface area contributed by atoms with Crippen molar-refractivity contribution in [2.75, 3.05) is 38.0 Å². The maximum Gasteiger partial charge on any atom is 0.406 e. The standard InChI is InChI=1S/C20H26F3N5O3S/c1-26(32(2,30)31)10-13-3-5-14(6-4-13)28-12-27(11-20(21,22)23)19(29)16-9-25-18-15(17(16)28)7-8-24-18/h7-9,13-14H,3-6,10-12H2,1-2H3,(H,24,25). The number of carbonyl (C=O) groups excluding carboxylic acids is 1. The van der Waals surface area contributed by atoms with Crippen LogP contribution < -0.4 is 4.90 Å². The summed E-state index contributed by atoms with van der Waals surface area (Å²) in [6.07, 6.45) is 2.62. The fourth-order valence-corrected chi connectivity index (χ4v) is 5.20. The topological polar surface area (TPSA) is 89.6 Å². The smallest absolute Gasteiger partial charge is 0.349 e. The summed E-state index contributed by atoms with van der Waals surface area (Å²) in [5, 5.41) is 0.710. The summed E-state index contributed by atoms with van der Waals surface area (Å²) in [5.74, 6) is -0.486. The van der Waals surface area contributed by atoms with Gasteiger partial charge < -0.3 is 14.8 Å². The van der Waals surface area contributed by atoms with Gasteiger partial charge in [-0.3, -0.25) is 4.79 Å². The molecule has 2 aromatic rings. The number of nitrogens with zero attached hydrogens (tertiary/aromatic N) is 4. The van der Waals surface area contributed by atoms with Gasteiger partial charge >= 0.3 is 6.18 Å². The van der Waals surface area contributed by atoms with E-state index < -0.39 is 28.7 Å². The first-order chi connectivity index (χ1) is 14.9. The number of sulfonamides is 1. The second kappa shape index (κ2) is 8.22. The number of rotatable bonds is 5. The molecule has 2 aliphatic rings. The van der Waals surface area contributed by atoms with E-state index >= 15 is 0 Å². The van der Waals surface area contributed by atoms with Gasteiger partial charge in [0.1, 0.15) is 12.2 Å². The third-order valence-corrected chi connectivity index (χ3v) is 7.68. The molecule has 0 atom stereocenters. The van der Waals surface area contributed by atoms with Crippen molar-refractivity contribution in [2.45, 2.75) is 37.9 Å². The summed E-state index contributed by atoms with van der Waals surface area (Å²) < 4.78 is 64.2. The maximum absolute atomic E-state index is 13.1. The first-order valence-corrected chi connectivity index (χ1v) is 12.3. The van der Waals surface area contributed by atoms with Crippen molar-refractivity contribution in [3.63, 3.8) is 0 Å². The highest BCUT2D eigenvalue weighted by atomic mass is 32.2. The molecule has 3 heterocycles. The summed E-state index contributed by atoms with van der Waals surface area (Å²) >= 11 is 0. The molecule has 0 aromatic carbocycles. The number of fused-ring (bicyclic) bond motifs is 3. The fraction of sp³-hybridized carbons (Fsp3) is 0.600. The van der Waals surface area contributed by atoms with Crippen molar-refractivity contribution in [3.05, 3.63) is 24.0 Å². The lowest BCUT2D eigenvalue weighted by atomic mass is 9.84. The minimum Gasteiger partial charge on any atom is -0.349 e. The highest BCUT2D eigenvalue weighted by Crippen LogP contribution is 2.39. The van der Waals surface area contributed by atoms with E-state index in [0.29, 0.717) is 36.1 Å². The Morgan fingerprint density at radius 3 is 2.56 bits per heavy atom. The van der Waals surface area contributed by atoms with Crippen LogP contribution in [0.25, 0.3) is 11.0 Å². The molecule has 0 spiro atoms. The number of aromatic amines is 1. The molecule has 176 valence electrons. The number of H-pyrrole nitrogens is 1. The molecule has 1 fully saturated rings. The molecule has 1 aliphatic heterocycles. The molecule has 0 saturated heterocycles. The molecule has 2 aromatic heterocycles. The number of halogens is 3. The Labute approximate surface area is 184 Å². The summed E-state index contributed by atoms with van der Waals surface area (Å²) in [5.41, 5.74) is 1.37. The monoisotopic (exact) mass is 473 g/mol. The Bertz CT molecular complexity index is 1110. The second-order valence-electron chi connectivity index (χ2n) is 8.71. The van der Waals surface area contributed by atoms with Gasteiger partial charge in [0.25, 0.3) is 5.91 Å². The molecule has 1 amide bonds. The van der Waals surface area contributed by atoms with E-state index in [1.165, 1.54) is 16.8 Å². The molecule has 0 radical (unpaired) electrons. The summed E-state index contributed by atoms with van der Waals surface area (Å²) in [6.45, 7) is -1.04. The molecule has 1 aliphatic carbocycles. The molecular formula is C20H26F3N5O3S. The molecule has 32 heavy (non-hydrogen) atoms. The van der Waals surface area contributed by atoms with E-state index in [0.717, 1.165) is 17.7 Å². The van der Waals surface area contributed by atoms with Gasteiger partial charge in [0.2, 0.25) is 10.0 Å². The molecule has 12 heteroatoms. The number of carbonyl (C=O) groups is 1. The maximum atomic E-state index is 13.1. The van der Waals surface area contributed by atoms with Crippen LogP contribution in [-0.4, -0.2) is 78.8 Å². The zero-order valence-corrected chi connectivity index (χ0v) is 18.7. The SMILES string of the molecule is CN(CC1CCC(N2CN(CC(F)(F)F)C(=O)c3cnc4[nH]ccc4c32)CC1)S(C)(=O)=O. The Morgan fingerprint density at radius 2 is 1.94 bits per heavy atom. The predicted molar refractivity (Wildman–Crippen MR) is 114 cm³/mol. The van der Waals surface area contributed by atoms with E-state index in [1.54, 1.807) is 19.3 Å². The zero-order valence-electron chi connectivity index (χ0n) is 17.9. The molecule has 0 bridgehead atoms. The number of hydrogen-bond donors (Lipinski definition) is 1. The highest BCUT2D eigenvalue weighted by Gasteiger charge is 2.41. The van der Waals surface area contributed by atoms with E-state index in [-0.39, 0.29) is 24.2 Å². The van der Waals surface area contributed by atoms with Crippen LogP contribution >= 0.6 is 0 Å². The van der Waals surface area contributed by atoms with Gasteiger partial charge in [-0.05, 0) is 37.7 Å². The average Bonchev–Trinajstić information content (AvgIpc) is 3.18. The van der Waals surface area contributed by atoms with E-state index in [9.17, 15) is 26.4 Å². The minimum absolute atomic E-state index is 0.0575. The van der Waals surface area contributed by atoms with Crippen molar-refractivity contribution < 1.29 is 26.4 Å². The van der Waals surface area contributed by atoms with Crippen LogP contribution in [0, 0.1) is 5.92 Å². The Balaban J connectivity index is 1.60.